The number of halogens is 1. The second kappa shape index (κ2) is 5.74. The van der Waals surface area contributed by atoms with E-state index < -0.39 is 0 Å². The number of furan rings is 1. The first-order valence-electron chi connectivity index (χ1n) is 6.53. The molecule has 0 aliphatic heterocycles. The third-order valence-corrected chi connectivity index (χ3v) is 3.78. The number of aryl methyl sites for hydroxylation is 1. The zero-order valence-electron chi connectivity index (χ0n) is 11.4. The predicted octanol–water partition coefficient (Wildman–Crippen LogP) is 4.77. The number of ketones is 1. The van der Waals surface area contributed by atoms with E-state index in [0.29, 0.717) is 16.9 Å². The van der Waals surface area contributed by atoms with Crippen LogP contribution in [-0.4, -0.2) is 12.4 Å². The van der Waals surface area contributed by atoms with Crippen molar-refractivity contribution in [2.75, 3.05) is 6.61 Å². The van der Waals surface area contributed by atoms with Crippen molar-refractivity contribution in [1.29, 1.82) is 0 Å². The maximum atomic E-state index is 12.3. The Kier molecular flexibility index (Phi) is 3.80. The molecule has 3 nitrogen and oxygen atoms in total. The van der Waals surface area contributed by atoms with Crippen LogP contribution in [-0.2, 0) is 0 Å². The molecule has 1 aromatic heterocycles. The summed E-state index contributed by atoms with van der Waals surface area (Å²) in [7, 11) is 0. The molecule has 0 bridgehead atoms. The Morgan fingerprint density at radius 1 is 1.24 bits per heavy atom. The number of benzene rings is 2. The molecule has 0 spiro atoms. The van der Waals surface area contributed by atoms with Crippen molar-refractivity contribution >= 4 is 32.7 Å². The lowest BCUT2D eigenvalue weighted by Crippen LogP contribution is -2.11. The Bertz CT molecular complexity index is 805. The van der Waals surface area contributed by atoms with Gasteiger partial charge in [0, 0.05) is 9.86 Å². The van der Waals surface area contributed by atoms with Gasteiger partial charge in [0.1, 0.15) is 17.6 Å². The minimum absolute atomic E-state index is 0.0131. The molecule has 0 atom stereocenters. The first-order valence-corrected chi connectivity index (χ1v) is 7.33. The number of ether oxygens (including phenoxy) is 1. The van der Waals surface area contributed by atoms with Gasteiger partial charge in [-0.3, -0.25) is 4.79 Å². The number of carbonyl (C=O) groups is 1. The van der Waals surface area contributed by atoms with E-state index >= 15 is 0 Å². The Hall–Kier alpha value is -2.07. The van der Waals surface area contributed by atoms with Gasteiger partial charge in [0.15, 0.2) is 6.61 Å². The van der Waals surface area contributed by atoms with Crippen LogP contribution in [0.2, 0.25) is 0 Å². The number of carbonyl (C=O) groups excluding carboxylic acids is 1. The van der Waals surface area contributed by atoms with E-state index in [9.17, 15) is 4.79 Å². The molecule has 0 unspecified atom stereocenters. The number of fused-ring (bicyclic) bond motifs is 1. The summed E-state index contributed by atoms with van der Waals surface area (Å²) in [5, 5.41) is 0.817. The number of para-hydroxylation sites is 1. The van der Waals surface area contributed by atoms with Crippen LogP contribution >= 0.6 is 15.9 Å². The summed E-state index contributed by atoms with van der Waals surface area (Å²) in [4.78, 5) is 12.3. The highest BCUT2D eigenvalue weighted by atomic mass is 79.9. The topological polar surface area (TPSA) is 39.4 Å². The van der Waals surface area contributed by atoms with Crippen LogP contribution in [0.15, 0.2) is 57.6 Å². The largest absolute Gasteiger partial charge is 0.485 e. The fourth-order valence-electron chi connectivity index (χ4n) is 2.14. The van der Waals surface area contributed by atoms with Crippen LogP contribution in [0.5, 0.6) is 5.75 Å². The Morgan fingerprint density at radius 2 is 2.05 bits per heavy atom. The number of rotatable bonds is 4. The molecular formula is C17H13BrO3. The minimum atomic E-state index is -0.0978. The van der Waals surface area contributed by atoms with Crippen LogP contribution in [0, 0.1) is 6.92 Å². The summed E-state index contributed by atoms with van der Waals surface area (Å²) in [6.45, 7) is 1.93. The number of Topliss-reactive ketones (excluding diaryl/α,β-unsaturated/α-hetero) is 1. The average molecular weight is 345 g/mol. The maximum absolute atomic E-state index is 12.3. The fourth-order valence-corrected chi connectivity index (χ4v) is 2.48. The molecule has 0 fully saturated rings. The zero-order valence-corrected chi connectivity index (χ0v) is 13.0. The molecule has 3 aromatic rings. The highest BCUT2D eigenvalue weighted by Gasteiger charge is 2.14. The average Bonchev–Trinajstić information content (AvgIpc) is 2.92. The van der Waals surface area contributed by atoms with Gasteiger partial charge in [0.25, 0.3) is 0 Å². The Morgan fingerprint density at radius 3 is 2.90 bits per heavy atom. The van der Waals surface area contributed by atoms with E-state index in [1.54, 1.807) is 0 Å². The Labute approximate surface area is 130 Å². The van der Waals surface area contributed by atoms with Gasteiger partial charge in [0.05, 0.1) is 5.56 Å². The molecule has 4 heteroatoms. The van der Waals surface area contributed by atoms with E-state index in [1.165, 1.54) is 6.26 Å². The fraction of sp³-hybridized carbons (Fsp3) is 0.118. The molecular weight excluding hydrogens is 332 g/mol. The van der Waals surface area contributed by atoms with Gasteiger partial charge >= 0.3 is 0 Å². The minimum Gasteiger partial charge on any atom is -0.485 e. The van der Waals surface area contributed by atoms with Crippen LogP contribution in [0.1, 0.15) is 15.9 Å². The second-order valence-electron chi connectivity index (χ2n) is 4.77. The summed E-state index contributed by atoms with van der Waals surface area (Å²) in [5.74, 6) is 0.602. The summed E-state index contributed by atoms with van der Waals surface area (Å²) in [6, 6.07) is 13.2. The first-order chi connectivity index (χ1) is 10.1. The molecule has 106 valence electrons. The van der Waals surface area contributed by atoms with E-state index in [1.807, 2.05) is 49.4 Å². The summed E-state index contributed by atoms with van der Waals surface area (Å²) >= 11 is 3.39. The van der Waals surface area contributed by atoms with Crippen molar-refractivity contribution in [3.05, 3.63) is 64.3 Å². The lowest BCUT2D eigenvalue weighted by Gasteiger charge is -2.08. The number of hydrogen-bond donors (Lipinski definition) is 0. The summed E-state index contributed by atoms with van der Waals surface area (Å²) < 4.78 is 11.9. The third kappa shape index (κ3) is 2.85. The van der Waals surface area contributed by atoms with Gasteiger partial charge in [-0.05, 0) is 30.7 Å². The summed E-state index contributed by atoms with van der Waals surface area (Å²) in [5.41, 5.74) is 2.25. The van der Waals surface area contributed by atoms with Crippen LogP contribution in [0.3, 0.4) is 0 Å². The standard InChI is InChI=1S/C17H13BrO3/c1-11-6-7-12(18)8-17(11)21-10-15(19)14-9-20-16-5-3-2-4-13(14)16/h2-9H,10H2,1H3. The molecule has 0 N–H and O–H groups in total. The second-order valence-corrected chi connectivity index (χ2v) is 5.68. The van der Waals surface area contributed by atoms with Gasteiger partial charge in [0.2, 0.25) is 5.78 Å². The van der Waals surface area contributed by atoms with Gasteiger partial charge < -0.3 is 9.15 Å². The normalized spacial score (nSPS) is 10.8. The summed E-state index contributed by atoms with van der Waals surface area (Å²) in [6.07, 6.45) is 1.49. The third-order valence-electron chi connectivity index (χ3n) is 3.29. The van der Waals surface area contributed by atoms with E-state index in [4.69, 9.17) is 9.15 Å². The zero-order chi connectivity index (χ0) is 14.8. The SMILES string of the molecule is Cc1ccc(Br)cc1OCC(=O)c1coc2ccccc12. The molecule has 3 rings (SSSR count). The van der Waals surface area contributed by atoms with Crippen LogP contribution in [0.25, 0.3) is 11.0 Å². The van der Waals surface area contributed by atoms with Gasteiger partial charge in [-0.25, -0.2) is 0 Å². The van der Waals surface area contributed by atoms with Crippen molar-refractivity contribution in [2.24, 2.45) is 0 Å². The smallest absolute Gasteiger partial charge is 0.204 e. The molecule has 21 heavy (non-hydrogen) atoms. The maximum Gasteiger partial charge on any atom is 0.204 e. The molecule has 0 saturated heterocycles. The first kappa shape index (κ1) is 13.9. The van der Waals surface area contributed by atoms with Crippen molar-refractivity contribution in [2.45, 2.75) is 6.92 Å². The monoisotopic (exact) mass is 344 g/mol. The van der Waals surface area contributed by atoms with Crippen LogP contribution in [0.4, 0.5) is 0 Å². The Balaban J connectivity index is 1.79. The quantitative estimate of drug-likeness (QED) is 0.640. The highest BCUT2D eigenvalue weighted by molar-refractivity contribution is 9.10. The van der Waals surface area contributed by atoms with Gasteiger partial charge in [-0.15, -0.1) is 0 Å². The highest BCUT2D eigenvalue weighted by Crippen LogP contribution is 2.24. The molecule has 1 heterocycles. The van der Waals surface area contributed by atoms with Crippen molar-refractivity contribution in [3.8, 4) is 5.75 Å². The van der Waals surface area contributed by atoms with Gasteiger partial charge in [-0.2, -0.15) is 0 Å². The molecule has 0 saturated carbocycles. The van der Waals surface area contributed by atoms with Gasteiger partial charge in [-0.1, -0.05) is 40.2 Å². The van der Waals surface area contributed by atoms with Crippen molar-refractivity contribution in [1.82, 2.24) is 0 Å². The predicted molar refractivity (Wildman–Crippen MR) is 84.9 cm³/mol. The molecule has 2 aromatic carbocycles. The molecule has 0 aliphatic rings. The molecule has 0 aliphatic carbocycles. The van der Waals surface area contributed by atoms with Crippen molar-refractivity contribution in [3.63, 3.8) is 0 Å². The lowest BCUT2D eigenvalue weighted by atomic mass is 10.1. The van der Waals surface area contributed by atoms with Crippen molar-refractivity contribution < 1.29 is 13.9 Å². The van der Waals surface area contributed by atoms with E-state index in [-0.39, 0.29) is 12.4 Å². The lowest BCUT2D eigenvalue weighted by molar-refractivity contribution is 0.0922. The van der Waals surface area contributed by atoms with E-state index in [0.717, 1.165) is 15.4 Å². The molecule has 0 amide bonds. The molecule has 0 radical (unpaired) electrons. The van der Waals surface area contributed by atoms with E-state index in [2.05, 4.69) is 15.9 Å². The van der Waals surface area contributed by atoms with Crippen LogP contribution < -0.4 is 4.74 Å². The number of hydrogen-bond acceptors (Lipinski definition) is 3.